The van der Waals surface area contributed by atoms with Crippen molar-refractivity contribution in [3.05, 3.63) is 69.0 Å². The molecular formula is C20H11N2O8S2-. The van der Waals surface area contributed by atoms with Crippen LogP contribution in [0.3, 0.4) is 0 Å². The summed E-state index contributed by atoms with van der Waals surface area (Å²) in [6.45, 7) is 0. The van der Waals surface area contributed by atoms with Crippen LogP contribution < -0.4 is 10.9 Å². The van der Waals surface area contributed by atoms with Gasteiger partial charge in [-0.3, -0.25) is 14.1 Å². The predicted octanol–water partition coefficient (Wildman–Crippen LogP) is 1.83. The zero-order chi connectivity index (χ0) is 23.0. The molecule has 0 radical (unpaired) electrons. The van der Waals surface area contributed by atoms with Gasteiger partial charge in [-0.2, -0.15) is 8.42 Å². The highest BCUT2D eigenvalue weighted by molar-refractivity contribution is 7.86. The second-order valence-corrected chi connectivity index (χ2v) is 10.00. The van der Waals surface area contributed by atoms with Crippen LogP contribution in [0.25, 0.3) is 43.6 Å². The molecule has 3 aromatic carbocycles. The number of hydrogen-bond acceptors (Lipinski definition) is 7. The summed E-state index contributed by atoms with van der Waals surface area (Å²) >= 11 is 0. The summed E-state index contributed by atoms with van der Waals surface area (Å²) in [7, 11) is -9.26. The largest absolute Gasteiger partial charge is 0.744 e. The van der Waals surface area contributed by atoms with Crippen molar-refractivity contribution >= 4 is 63.8 Å². The second-order valence-electron chi connectivity index (χ2n) is 7.20. The molecule has 0 spiro atoms. The number of aromatic nitrogens is 2. The zero-order valence-electron chi connectivity index (χ0n) is 15.7. The highest BCUT2D eigenvalue weighted by Crippen LogP contribution is 2.24. The van der Waals surface area contributed by atoms with E-state index < -0.39 is 40.9 Å². The number of rotatable bonds is 2. The third-order valence-electron chi connectivity index (χ3n) is 5.24. The molecule has 0 aliphatic rings. The number of H-pyrrole nitrogens is 2. The highest BCUT2D eigenvalue weighted by atomic mass is 32.2. The molecule has 0 aliphatic heterocycles. The minimum atomic E-state index is -4.75. The van der Waals surface area contributed by atoms with Crippen molar-refractivity contribution in [1.82, 2.24) is 9.97 Å². The van der Waals surface area contributed by atoms with E-state index in [4.69, 9.17) is 0 Å². The Morgan fingerprint density at radius 3 is 1.47 bits per heavy atom. The van der Waals surface area contributed by atoms with Crippen molar-refractivity contribution in [3.8, 4) is 0 Å². The fourth-order valence-electron chi connectivity index (χ4n) is 3.72. The quantitative estimate of drug-likeness (QED) is 0.258. The van der Waals surface area contributed by atoms with Crippen LogP contribution in [-0.4, -0.2) is 35.9 Å². The summed E-state index contributed by atoms with van der Waals surface area (Å²) in [4.78, 5) is 31.0. The molecule has 2 aromatic heterocycles. The maximum Gasteiger partial charge on any atom is 0.294 e. The van der Waals surface area contributed by atoms with Gasteiger partial charge in [0.05, 0.1) is 20.8 Å². The van der Waals surface area contributed by atoms with Crippen LogP contribution in [0.2, 0.25) is 0 Å². The van der Waals surface area contributed by atoms with Gasteiger partial charge in [-0.15, -0.1) is 0 Å². The van der Waals surface area contributed by atoms with Crippen molar-refractivity contribution in [2.24, 2.45) is 0 Å². The average Bonchev–Trinajstić information content (AvgIpc) is 2.71. The number of nitrogens with one attached hydrogen (secondary N) is 2. The highest BCUT2D eigenvalue weighted by Gasteiger charge is 2.15. The molecule has 0 bridgehead atoms. The molecule has 0 amide bonds. The molecule has 0 atom stereocenters. The number of aromatic amines is 2. The molecule has 12 heteroatoms. The first-order chi connectivity index (χ1) is 14.9. The summed E-state index contributed by atoms with van der Waals surface area (Å²) in [5.41, 5.74) is 0.0561. The fraction of sp³-hybridized carbons (Fsp3) is 0. The van der Waals surface area contributed by atoms with Crippen molar-refractivity contribution in [2.75, 3.05) is 0 Å². The molecule has 0 aliphatic carbocycles. The van der Waals surface area contributed by atoms with Crippen molar-refractivity contribution in [3.63, 3.8) is 0 Å². The summed E-state index contributed by atoms with van der Waals surface area (Å²) in [6.07, 6.45) is 0. The zero-order valence-corrected chi connectivity index (χ0v) is 17.4. The number of fused-ring (bicyclic) bond motifs is 4. The van der Waals surface area contributed by atoms with E-state index in [1.54, 1.807) is 0 Å². The maximum absolute atomic E-state index is 13.0. The van der Waals surface area contributed by atoms with Crippen LogP contribution in [0.15, 0.2) is 67.9 Å². The van der Waals surface area contributed by atoms with E-state index in [0.29, 0.717) is 0 Å². The molecule has 0 saturated carbocycles. The van der Waals surface area contributed by atoms with Crippen LogP contribution in [-0.2, 0) is 20.2 Å². The molecular weight excluding hydrogens is 460 g/mol. The average molecular weight is 471 g/mol. The lowest BCUT2D eigenvalue weighted by Crippen LogP contribution is -2.09. The normalized spacial score (nSPS) is 12.8. The van der Waals surface area contributed by atoms with Gasteiger partial charge in [0.15, 0.2) is 10.9 Å². The Kier molecular flexibility index (Phi) is 4.11. The number of hydrogen-bond donors (Lipinski definition) is 3. The van der Waals surface area contributed by atoms with Crippen LogP contribution in [0, 0.1) is 0 Å². The first-order valence-electron chi connectivity index (χ1n) is 8.96. The lowest BCUT2D eigenvalue weighted by molar-refractivity contribution is 0.463. The first kappa shape index (κ1) is 20.3. The van der Waals surface area contributed by atoms with Gasteiger partial charge >= 0.3 is 0 Å². The van der Waals surface area contributed by atoms with Gasteiger partial charge in [0.2, 0.25) is 0 Å². The molecule has 2 heterocycles. The molecule has 0 unspecified atom stereocenters. The van der Waals surface area contributed by atoms with E-state index in [2.05, 4.69) is 9.97 Å². The first-order valence-corrected chi connectivity index (χ1v) is 11.8. The maximum atomic E-state index is 13.0. The number of pyridine rings is 2. The smallest absolute Gasteiger partial charge is 0.294 e. The molecule has 162 valence electrons. The predicted molar refractivity (Wildman–Crippen MR) is 115 cm³/mol. The van der Waals surface area contributed by atoms with Crippen molar-refractivity contribution < 1.29 is 25.9 Å². The third kappa shape index (κ3) is 3.08. The van der Waals surface area contributed by atoms with Gasteiger partial charge in [0.25, 0.3) is 10.1 Å². The lowest BCUT2D eigenvalue weighted by Gasteiger charge is -2.10. The van der Waals surface area contributed by atoms with E-state index in [-0.39, 0.29) is 43.6 Å². The Bertz CT molecular complexity index is 1830. The Morgan fingerprint density at radius 1 is 0.625 bits per heavy atom. The summed E-state index contributed by atoms with van der Waals surface area (Å²) in [6, 6.07) is 9.70. The Morgan fingerprint density at radius 2 is 1.03 bits per heavy atom. The lowest BCUT2D eigenvalue weighted by atomic mass is 10.1. The van der Waals surface area contributed by atoms with Gasteiger partial charge < -0.3 is 14.5 Å². The van der Waals surface area contributed by atoms with E-state index in [9.17, 15) is 35.5 Å². The Hall–Kier alpha value is -3.58. The van der Waals surface area contributed by atoms with Crippen LogP contribution >= 0.6 is 0 Å². The van der Waals surface area contributed by atoms with Crippen molar-refractivity contribution in [2.45, 2.75) is 9.79 Å². The molecule has 32 heavy (non-hydrogen) atoms. The van der Waals surface area contributed by atoms with E-state index in [1.165, 1.54) is 24.3 Å². The SMILES string of the molecule is O=c1c2cc(S(=O)(=O)[O-])ccc2[nH]c2cc3c(=O)c4cc(S(=O)(=O)O)ccc4[nH]c3cc12. The topological polar surface area (TPSA) is 177 Å². The van der Waals surface area contributed by atoms with E-state index in [1.807, 2.05) is 0 Å². The van der Waals surface area contributed by atoms with Gasteiger partial charge in [-0.25, -0.2) is 8.42 Å². The minimum absolute atomic E-state index is 0.00490. The van der Waals surface area contributed by atoms with Crippen molar-refractivity contribution in [1.29, 1.82) is 0 Å². The summed E-state index contributed by atoms with van der Waals surface area (Å²) < 4.78 is 66.0. The van der Waals surface area contributed by atoms with Gasteiger partial charge in [0.1, 0.15) is 10.1 Å². The van der Waals surface area contributed by atoms with Crippen LogP contribution in [0.1, 0.15) is 0 Å². The summed E-state index contributed by atoms with van der Waals surface area (Å²) in [5, 5.41) is 0.330. The third-order valence-corrected chi connectivity index (χ3v) is 6.92. The molecule has 3 N–H and O–H groups in total. The fourth-order valence-corrected chi connectivity index (χ4v) is 4.72. The monoisotopic (exact) mass is 471 g/mol. The minimum Gasteiger partial charge on any atom is -0.744 e. The van der Waals surface area contributed by atoms with Crippen LogP contribution in [0.5, 0.6) is 0 Å². The van der Waals surface area contributed by atoms with Crippen LogP contribution in [0.4, 0.5) is 0 Å². The molecule has 0 fully saturated rings. The number of benzene rings is 3. The summed E-state index contributed by atoms with van der Waals surface area (Å²) in [5.74, 6) is 0. The van der Waals surface area contributed by atoms with E-state index in [0.717, 1.165) is 24.3 Å². The van der Waals surface area contributed by atoms with Gasteiger partial charge in [0, 0.05) is 32.6 Å². The molecule has 0 saturated heterocycles. The van der Waals surface area contributed by atoms with Gasteiger partial charge in [-0.05, 0) is 48.5 Å². The second kappa shape index (κ2) is 6.46. The molecule has 5 rings (SSSR count). The van der Waals surface area contributed by atoms with Gasteiger partial charge in [-0.1, -0.05) is 0 Å². The Labute approximate surface area is 178 Å². The standard InChI is InChI=1S/C20H12N2O8S2/c23-19-11-5-9(31(25,26)27)1-3-15(11)21-17-7-14-18(8-13(17)19)22-16-4-2-10(32(28,29)30)6-12(16)20(14)24/h1-8H,(H,21,23)(H,22,24)(H,25,26,27)(H,28,29,30)/p-1. The molecule has 10 nitrogen and oxygen atoms in total. The van der Waals surface area contributed by atoms with E-state index >= 15 is 0 Å². The Balaban J connectivity index is 1.89. The molecule has 5 aromatic rings.